The predicted octanol–water partition coefficient (Wildman–Crippen LogP) is 12.1. The van der Waals surface area contributed by atoms with Crippen molar-refractivity contribution in [3.8, 4) is 5.75 Å². The second-order valence-electron chi connectivity index (χ2n) is 11.4. The summed E-state index contributed by atoms with van der Waals surface area (Å²) in [6.07, 6.45) is 32.5. The van der Waals surface area contributed by atoms with Crippen molar-refractivity contribution in [1.82, 2.24) is 0 Å². The minimum absolute atomic E-state index is 0.169. The molecule has 1 aromatic rings. The van der Waals surface area contributed by atoms with E-state index in [4.69, 9.17) is 0 Å². The molecule has 1 aromatic carbocycles. The summed E-state index contributed by atoms with van der Waals surface area (Å²) < 4.78 is 0. The molecule has 0 radical (unpaired) electrons. The highest BCUT2D eigenvalue weighted by atomic mass is 16.3. The van der Waals surface area contributed by atoms with E-state index in [1.807, 2.05) is 12.1 Å². The van der Waals surface area contributed by atoms with Gasteiger partial charge in [-0.1, -0.05) is 174 Å². The van der Waals surface area contributed by atoms with Crippen LogP contribution in [0.4, 0.5) is 0 Å². The van der Waals surface area contributed by atoms with Crippen LogP contribution in [0, 0.1) is 0 Å². The normalized spacial score (nSPS) is 11.9. The number of hydrogen-bond acceptors (Lipinski definition) is 1. The van der Waals surface area contributed by atoms with Crippen LogP contribution in [0.1, 0.15) is 180 Å². The van der Waals surface area contributed by atoms with Crippen molar-refractivity contribution in [1.29, 1.82) is 0 Å². The lowest BCUT2D eigenvalue weighted by Crippen LogP contribution is -2.27. The molecule has 0 bridgehead atoms. The average molecular weight is 487 g/mol. The smallest absolute Gasteiger partial charge is 0.119 e. The van der Waals surface area contributed by atoms with Gasteiger partial charge in [-0.3, -0.25) is 0 Å². The van der Waals surface area contributed by atoms with Crippen molar-refractivity contribution in [2.75, 3.05) is 0 Å². The summed E-state index contributed by atoms with van der Waals surface area (Å²) >= 11 is 0. The molecule has 1 heteroatoms. The number of phenolic OH excluding ortho intramolecular Hbond substituents is 1. The second-order valence-corrected chi connectivity index (χ2v) is 11.4. The fraction of sp³-hybridized carbons (Fsp3) is 0.824. The highest BCUT2D eigenvalue weighted by molar-refractivity contribution is 5.38. The molecule has 0 atom stereocenters. The molecule has 0 amide bonds. The zero-order valence-electron chi connectivity index (χ0n) is 24.2. The Balaban J connectivity index is 2.73. The summed E-state index contributed by atoms with van der Waals surface area (Å²) in [6, 6.07) is 8.33. The molecule has 0 fully saturated rings. The van der Waals surface area contributed by atoms with E-state index in [1.165, 1.54) is 160 Å². The van der Waals surface area contributed by atoms with Crippen molar-refractivity contribution < 1.29 is 5.11 Å². The second kappa shape index (κ2) is 22.2. The number of rotatable bonds is 25. The molecule has 0 unspecified atom stereocenters. The van der Waals surface area contributed by atoms with Crippen molar-refractivity contribution in [3.63, 3.8) is 0 Å². The topological polar surface area (TPSA) is 20.2 Å². The molecular formula is C34H62O. The fourth-order valence-electron chi connectivity index (χ4n) is 5.96. The maximum absolute atomic E-state index is 10.9. The van der Waals surface area contributed by atoms with Crippen molar-refractivity contribution >= 4 is 0 Å². The standard InChI is InChI=1S/C34H62O/c1-4-7-10-13-16-17-18-21-26-31-34(29-24-19-14-11-8-5-2,30-25-20-15-12-9-6-3)32-27-22-23-28-33(32)35/h22-23,27-28,35H,4-21,24-26,29-31H2,1-3H3. The van der Waals surface area contributed by atoms with Gasteiger partial charge < -0.3 is 5.11 Å². The lowest BCUT2D eigenvalue weighted by molar-refractivity contribution is 0.289. The van der Waals surface area contributed by atoms with Crippen LogP contribution in [-0.2, 0) is 5.41 Å². The Morgan fingerprint density at radius 3 is 1.11 bits per heavy atom. The summed E-state index contributed by atoms with van der Waals surface area (Å²) in [6.45, 7) is 6.90. The SMILES string of the molecule is CCCCCCCCCCCC(CCCCCCCC)(CCCCCCCC)c1ccccc1O. The molecule has 0 aliphatic carbocycles. The van der Waals surface area contributed by atoms with Crippen LogP contribution in [0.15, 0.2) is 24.3 Å². The van der Waals surface area contributed by atoms with Gasteiger partial charge in [-0.25, -0.2) is 0 Å². The zero-order valence-corrected chi connectivity index (χ0v) is 24.2. The van der Waals surface area contributed by atoms with E-state index < -0.39 is 0 Å². The summed E-state index contributed by atoms with van der Waals surface area (Å²) in [5.41, 5.74) is 1.42. The largest absolute Gasteiger partial charge is 0.508 e. The maximum atomic E-state index is 10.9. The molecular weight excluding hydrogens is 424 g/mol. The van der Waals surface area contributed by atoms with E-state index >= 15 is 0 Å². The molecule has 0 aliphatic rings. The van der Waals surface area contributed by atoms with Gasteiger partial charge in [-0.2, -0.15) is 0 Å². The Bertz CT molecular complexity index is 562. The first-order valence-electron chi connectivity index (χ1n) is 16.0. The lowest BCUT2D eigenvalue weighted by Gasteiger charge is -2.36. The Morgan fingerprint density at radius 1 is 0.457 bits per heavy atom. The van der Waals surface area contributed by atoms with E-state index in [0.717, 1.165) is 0 Å². The van der Waals surface area contributed by atoms with Gasteiger partial charge in [0.2, 0.25) is 0 Å². The van der Waals surface area contributed by atoms with Crippen LogP contribution in [-0.4, -0.2) is 5.11 Å². The number of benzene rings is 1. The number of para-hydroxylation sites is 1. The third-order valence-electron chi connectivity index (χ3n) is 8.25. The molecule has 0 saturated heterocycles. The number of hydrogen-bond donors (Lipinski definition) is 1. The Labute approximate surface area is 220 Å². The van der Waals surface area contributed by atoms with E-state index in [2.05, 4.69) is 32.9 Å². The summed E-state index contributed by atoms with van der Waals surface area (Å²) in [5.74, 6) is 0.542. The Hall–Kier alpha value is -0.980. The lowest BCUT2D eigenvalue weighted by atomic mass is 9.69. The average Bonchev–Trinajstić information content (AvgIpc) is 2.87. The zero-order chi connectivity index (χ0) is 25.5. The van der Waals surface area contributed by atoms with Gasteiger partial charge >= 0.3 is 0 Å². The first kappa shape index (κ1) is 32.0. The van der Waals surface area contributed by atoms with Gasteiger partial charge in [-0.05, 0) is 30.7 Å². The van der Waals surface area contributed by atoms with Crippen molar-refractivity contribution in [2.45, 2.75) is 180 Å². The predicted molar refractivity (Wildman–Crippen MR) is 158 cm³/mol. The molecule has 0 aliphatic heterocycles. The third kappa shape index (κ3) is 15.0. The maximum Gasteiger partial charge on any atom is 0.119 e. The quantitative estimate of drug-likeness (QED) is 0.136. The molecule has 35 heavy (non-hydrogen) atoms. The molecule has 1 rings (SSSR count). The van der Waals surface area contributed by atoms with E-state index in [1.54, 1.807) is 0 Å². The van der Waals surface area contributed by atoms with Gasteiger partial charge in [0.25, 0.3) is 0 Å². The summed E-state index contributed by atoms with van der Waals surface area (Å²) in [5, 5.41) is 10.9. The minimum atomic E-state index is 0.169. The van der Waals surface area contributed by atoms with Crippen LogP contribution in [0.3, 0.4) is 0 Å². The highest BCUT2D eigenvalue weighted by Gasteiger charge is 2.33. The van der Waals surface area contributed by atoms with Gasteiger partial charge in [0, 0.05) is 5.56 Å². The molecule has 1 nitrogen and oxygen atoms in total. The molecule has 1 N–H and O–H groups in total. The molecule has 0 spiro atoms. The first-order valence-corrected chi connectivity index (χ1v) is 16.0. The van der Waals surface area contributed by atoms with E-state index in [-0.39, 0.29) is 5.41 Å². The molecule has 0 heterocycles. The summed E-state index contributed by atoms with van der Waals surface area (Å²) in [4.78, 5) is 0. The van der Waals surface area contributed by atoms with Gasteiger partial charge in [0.05, 0.1) is 0 Å². The van der Waals surface area contributed by atoms with Crippen LogP contribution in [0.2, 0.25) is 0 Å². The molecule has 204 valence electrons. The number of phenols is 1. The van der Waals surface area contributed by atoms with Crippen LogP contribution < -0.4 is 0 Å². The van der Waals surface area contributed by atoms with Crippen molar-refractivity contribution in [2.24, 2.45) is 0 Å². The minimum Gasteiger partial charge on any atom is -0.508 e. The van der Waals surface area contributed by atoms with E-state index in [0.29, 0.717) is 5.75 Å². The Morgan fingerprint density at radius 2 is 0.771 bits per heavy atom. The monoisotopic (exact) mass is 486 g/mol. The van der Waals surface area contributed by atoms with Gasteiger partial charge in [0.1, 0.15) is 5.75 Å². The Kier molecular flexibility index (Phi) is 20.4. The van der Waals surface area contributed by atoms with Crippen LogP contribution >= 0.6 is 0 Å². The number of unbranched alkanes of at least 4 members (excludes halogenated alkanes) is 18. The third-order valence-corrected chi connectivity index (χ3v) is 8.25. The molecule has 0 aromatic heterocycles. The van der Waals surface area contributed by atoms with Gasteiger partial charge in [0.15, 0.2) is 0 Å². The molecule has 0 saturated carbocycles. The number of aromatic hydroxyl groups is 1. The van der Waals surface area contributed by atoms with Gasteiger partial charge in [-0.15, -0.1) is 0 Å². The first-order chi connectivity index (χ1) is 17.2. The van der Waals surface area contributed by atoms with Crippen LogP contribution in [0.25, 0.3) is 0 Å². The fourth-order valence-corrected chi connectivity index (χ4v) is 5.96. The van der Waals surface area contributed by atoms with Crippen LogP contribution in [0.5, 0.6) is 5.75 Å². The summed E-state index contributed by atoms with van der Waals surface area (Å²) in [7, 11) is 0. The van der Waals surface area contributed by atoms with Crippen molar-refractivity contribution in [3.05, 3.63) is 29.8 Å². The highest BCUT2D eigenvalue weighted by Crippen LogP contribution is 2.44. The van der Waals surface area contributed by atoms with E-state index in [9.17, 15) is 5.11 Å².